The highest BCUT2D eigenvalue weighted by Gasteiger charge is 2.40. The maximum absolute atomic E-state index is 14.0. The number of nitrogens with two attached hydrogens (primary N) is 1. The predicted octanol–water partition coefficient (Wildman–Crippen LogP) is 5.40. The Kier molecular flexibility index (Phi) is 8.96. The molecular weight excluding hydrogens is 576 g/mol. The van der Waals surface area contributed by atoms with Gasteiger partial charge in [0.1, 0.15) is 11.6 Å². The van der Waals surface area contributed by atoms with Crippen molar-refractivity contribution in [2.75, 3.05) is 30.3 Å². The minimum atomic E-state index is -4.31. The molecule has 10 nitrogen and oxygen atoms in total. The summed E-state index contributed by atoms with van der Waals surface area (Å²) in [7, 11) is -4.31. The number of sulfonamides is 1. The van der Waals surface area contributed by atoms with Crippen LogP contribution in [0.1, 0.15) is 105 Å². The molecule has 1 atom stereocenters. The minimum Gasteiger partial charge on any atom is -0.384 e. The quantitative estimate of drug-likeness (QED) is 0.435. The van der Waals surface area contributed by atoms with Gasteiger partial charge >= 0.3 is 0 Å². The van der Waals surface area contributed by atoms with Gasteiger partial charge in [0.25, 0.3) is 15.9 Å². The lowest BCUT2D eigenvalue weighted by molar-refractivity contribution is -0.132. The summed E-state index contributed by atoms with van der Waals surface area (Å²) in [5, 5.41) is -0.336. The second-order valence-corrected chi connectivity index (χ2v) is 16.8. The largest absolute Gasteiger partial charge is 0.384 e. The molecule has 4 rings (SSSR count). The van der Waals surface area contributed by atoms with Crippen LogP contribution < -0.4 is 15.4 Å². The van der Waals surface area contributed by atoms with E-state index >= 15 is 0 Å². The summed E-state index contributed by atoms with van der Waals surface area (Å²) in [6, 6.07) is 6.04. The average molecular weight is 627 g/mol. The number of carbonyl (C=O) groups is 2. The summed E-state index contributed by atoms with van der Waals surface area (Å²) in [6.45, 7) is 20.5. The van der Waals surface area contributed by atoms with Crippen molar-refractivity contribution in [1.82, 2.24) is 19.6 Å². The van der Waals surface area contributed by atoms with Crippen molar-refractivity contribution in [3.63, 3.8) is 0 Å². The van der Waals surface area contributed by atoms with Gasteiger partial charge < -0.3 is 15.5 Å². The van der Waals surface area contributed by atoms with E-state index in [1.807, 2.05) is 11.0 Å². The first-order valence-corrected chi connectivity index (χ1v) is 16.8. The van der Waals surface area contributed by atoms with Crippen LogP contribution in [0.15, 0.2) is 35.4 Å². The van der Waals surface area contributed by atoms with E-state index in [9.17, 15) is 18.0 Å². The van der Waals surface area contributed by atoms with Crippen LogP contribution in [0.3, 0.4) is 0 Å². The van der Waals surface area contributed by atoms with Gasteiger partial charge in [0.2, 0.25) is 5.91 Å². The van der Waals surface area contributed by atoms with Crippen LogP contribution in [0.4, 0.5) is 11.6 Å². The molecule has 2 aromatic heterocycles. The number of nitrogen functional groups attached to an aromatic ring is 1. The van der Waals surface area contributed by atoms with E-state index in [4.69, 9.17) is 10.7 Å². The zero-order valence-electron chi connectivity index (χ0n) is 27.6. The Morgan fingerprint density at radius 1 is 1.14 bits per heavy atom. The van der Waals surface area contributed by atoms with Crippen molar-refractivity contribution in [3.8, 4) is 0 Å². The highest BCUT2D eigenvalue weighted by molar-refractivity contribution is 7.90. The lowest BCUT2D eigenvalue weighted by Gasteiger charge is -2.36. The molecule has 0 spiro atoms. The molecule has 1 fully saturated rings. The van der Waals surface area contributed by atoms with Crippen molar-refractivity contribution in [2.24, 2.45) is 11.3 Å². The average Bonchev–Trinajstić information content (AvgIpc) is 3.17. The first-order chi connectivity index (χ1) is 20.2. The number of anilines is 2. The summed E-state index contributed by atoms with van der Waals surface area (Å²) in [6.07, 6.45) is 3.99. The zero-order chi connectivity index (χ0) is 32.8. The minimum absolute atomic E-state index is 0. The molecule has 0 saturated carbocycles. The lowest BCUT2D eigenvalue weighted by atomic mass is 9.83. The summed E-state index contributed by atoms with van der Waals surface area (Å²) < 4.78 is 28.7. The number of nitrogens with one attached hydrogen (secondary N) is 1. The molecule has 4 heterocycles. The number of hydrogen-bond donors (Lipinski definition) is 2. The van der Waals surface area contributed by atoms with Gasteiger partial charge in [0, 0.05) is 44.0 Å². The second-order valence-electron chi connectivity index (χ2n) is 15.1. The van der Waals surface area contributed by atoms with Gasteiger partial charge in [-0.25, -0.2) is 14.7 Å². The van der Waals surface area contributed by atoms with Crippen molar-refractivity contribution in [3.05, 3.63) is 47.2 Å². The molecule has 0 unspecified atom stereocenters. The number of pyridine rings is 2. The SMILES string of the molecule is C[C@@H]1CN(c2nc(C(C)(C)C)c(C3=CCN(C(=O)CC(C)(C)C)CC3)cc2C(=O)NS(=O)(=O)c2cccc(N)n2)C(C)(C)C1.[HH]. The van der Waals surface area contributed by atoms with Crippen LogP contribution in [0.2, 0.25) is 0 Å². The van der Waals surface area contributed by atoms with E-state index in [2.05, 4.69) is 76.9 Å². The molecule has 3 N–H and O–H groups in total. The van der Waals surface area contributed by atoms with Crippen LogP contribution in [-0.4, -0.2) is 60.3 Å². The molecule has 1 saturated heterocycles. The molecule has 2 aromatic rings. The van der Waals surface area contributed by atoms with Gasteiger partial charge in [-0.2, -0.15) is 8.42 Å². The fourth-order valence-corrected chi connectivity index (χ4v) is 7.11. The van der Waals surface area contributed by atoms with E-state index in [1.165, 1.54) is 18.2 Å². The molecule has 242 valence electrons. The second kappa shape index (κ2) is 11.8. The summed E-state index contributed by atoms with van der Waals surface area (Å²) >= 11 is 0. The number of rotatable bonds is 6. The van der Waals surface area contributed by atoms with E-state index in [1.54, 1.807) is 6.07 Å². The fourth-order valence-electron chi connectivity index (χ4n) is 6.17. The van der Waals surface area contributed by atoms with Gasteiger partial charge in [-0.1, -0.05) is 60.6 Å². The third-order valence-corrected chi connectivity index (χ3v) is 9.36. The molecular formula is C33H50N6O4S. The zero-order valence-corrected chi connectivity index (χ0v) is 28.4. The number of carbonyl (C=O) groups excluding carboxylic acids is 2. The Hall–Kier alpha value is -3.47. The maximum atomic E-state index is 14.0. The van der Waals surface area contributed by atoms with Crippen molar-refractivity contribution < 1.29 is 19.4 Å². The maximum Gasteiger partial charge on any atom is 0.281 e. The fraction of sp³-hybridized carbons (Fsp3) is 0.576. The van der Waals surface area contributed by atoms with Crippen LogP contribution in [-0.2, 0) is 20.2 Å². The van der Waals surface area contributed by atoms with E-state index in [0.29, 0.717) is 44.2 Å². The van der Waals surface area contributed by atoms with Crippen molar-refractivity contribution in [2.45, 2.75) is 97.6 Å². The number of amides is 2. The molecule has 0 bridgehead atoms. The van der Waals surface area contributed by atoms with E-state index in [0.717, 1.165) is 23.3 Å². The molecule has 11 heteroatoms. The number of nitrogens with zero attached hydrogens (tertiary/aromatic N) is 4. The lowest BCUT2D eigenvalue weighted by Crippen LogP contribution is -2.41. The van der Waals surface area contributed by atoms with E-state index < -0.39 is 15.9 Å². The third-order valence-electron chi connectivity index (χ3n) is 8.12. The third kappa shape index (κ3) is 7.42. The monoisotopic (exact) mass is 626 g/mol. The Bertz CT molecular complexity index is 1590. The van der Waals surface area contributed by atoms with Crippen molar-refractivity contribution in [1.29, 1.82) is 0 Å². The highest BCUT2D eigenvalue weighted by Crippen LogP contribution is 2.41. The smallest absolute Gasteiger partial charge is 0.281 e. The Morgan fingerprint density at radius 2 is 1.82 bits per heavy atom. The molecule has 0 aliphatic carbocycles. The Morgan fingerprint density at radius 3 is 2.34 bits per heavy atom. The predicted molar refractivity (Wildman–Crippen MR) is 177 cm³/mol. The molecule has 2 amide bonds. The summed E-state index contributed by atoms with van der Waals surface area (Å²) in [4.78, 5) is 40.0. The summed E-state index contributed by atoms with van der Waals surface area (Å²) in [5.74, 6) is 0.180. The van der Waals surface area contributed by atoms with Crippen molar-refractivity contribution >= 4 is 39.0 Å². The van der Waals surface area contributed by atoms with Gasteiger partial charge in [-0.15, -0.1) is 0 Å². The molecule has 44 heavy (non-hydrogen) atoms. The highest BCUT2D eigenvalue weighted by atomic mass is 32.2. The number of aromatic nitrogens is 2. The van der Waals surface area contributed by atoms with Crippen LogP contribution in [0, 0.1) is 11.3 Å². The van der Waals surface area contributed by atoms with Gasteiger partial charge in [0.15, 0.2) is 5.03 Å². The van der Waals surface area contributed by atoms with Gasteiger partial charge in [-0.05, 0) is 61.8 Å². The first-order valence-electron chi connectivity index (χ1n) is 15.3. The van der Waals surface area contributed by atoms with Gasteiger partial charge in [0.05, 0.1) is 11.3 Å². The number of hydrogen-bond acceptors (Lipinski definition) is 8. The normalized spacial score (nSPS) is 19.1. The van der Waals surface area contributed by atoms with E-state index in [-0.39, 0.29) is 40.1 Å². The Balaban J connectivity index is 0.00000552. The van der Waals surface area contributed by atoms with Gasteiger partial charge in [-0.3, -0.25) is 9.59 Å². The van der Waals surface area contributed by atoms with Crippen LogP contribution in [0.25, 0.3) is 5.57 Å². The molecule has 0 radical (unpaired) electrons. The summed E-state index contributed by atoms with van der Waals surface area (Å²) in [5.41, 5.74) is 7.71. The van der Waals surface area contributed by atoms with Crippen LogP contribution >= 0.6 is 0 Å². The first kappa shape index (κ1) is 33.4. The Labute approximate surface area is 264 Å². The molecule has 2 aliphatic heterocycles. The topological polar surface area (TPSA) is 139 Å². The van der Waals surface area contributed by atoms with Crippen LogP contribution in [0.5, 0.6) is 0 Å². The molecule has 2 aliphatic rings. The molecule has 0 aromatic carbocycles. The standard InChI is InChI=1S/C33H48N6O4S.H2/c1-21-18-33(8,9)39(20-21)29-24(30(41)37-44(42,43)26-12-10-11-25(34)35-26)17-23(28(36-29)32(5,6)7)22-13-15-38(16-14-22)27(40)19-31(2,3)4;/h10-13,17,21H,14-16,18-20H2,1-9H3,(H2,34,35)(H,37,41);1H/t21-;/m0./s1.